The molecule has 106 valence electrons. The van der Waals surface area contributed by atoms with Crippen molar-refractivity contribution in [2.24, 2.45) is 0 Å². The van der Waals surface area contributed by atoms with Crippen LogP contribution in [0.1, 0.15) is 15.9 Å². The van der Waals surface area contributed by atoms with E-state index in [1.54, 1.807) is 6.20 Å². The molecule has 0 aliphatic rings. The quantitative estimate of drug-likeness (QED) is 0.571. The van der Waals surface area contributed by atoms with Gasteiger partial charge in [0.15, 0.2) is 0 Å². The number of aromatic hydroxyl groups is 1. The molecule has 0 aromatic carbocycles. The molecular weight excluding hydrogens is 272 g/mol. The molecule has 0 bridgehead atoms. The minimum absolute atomic E-state index is 0.00656. The van der Waals surface area contributed by atoms with Gasteiger partial charge in [0, 0.05) is 24.7 Å². The van der Waals surface area contributed by atoms with E-state index < -0.39 is 5.91 Å². The van der Waals surface area contributed by atoms with Crippen molar-refractivity contribution < 1.29 is 9.90 Å². The zero-order valence-electron chi connectivity index (χ0n) is 11.1. The summed E-state index contributed by atoms with van der Waals surface area (Å²) in [7, 11) is 0. The highest BCUT2D eigenvalue weighted by molar-refractivity contribution is 6.12. The third-order valence-electron chi connectivity index (χ3n) is 3.15. The number of carbonyl (C=O) groups excluding carboxylic acids is 1. The van der Waals surface area contributed by atoms with Crippen LogP contribution in [-0.4, -0.2) is 26.0 Å². The maximum Gasteiger partial charge on any atom is 0.259 e. The van der Waals surface area contributed by atoms with Gasteiger partial charge in [0.05, 0.1) is 16.5 Å². The molecule has 0 fully saturated rings. The van der Waals surface area contributed by atoms with Gasteiger partial charge in [0.2, 0.25) is 0 Å². The van der Waals surface area contributed by atoms with Crippen LogP contribution in [0.25, 0.3) is 10.9 Å². The Bertz CT molecular complexity index is 895. The number of hydrogen-bond acceptors (Lipinski definition) is 4. The van der Waals surface area contributed by atoms with Crippen LogP contribution >= 0.6 is 0 Å². The zero-order chi connectivity index (χ0) is 15.0. The SMILES string of the molecule is Cc1c[nH]c(=O)c2c(C(=O)Nc3cc(O)ccn3)c[nH]c12. The maximum atomic E-state index is 12.3. The van der Waals surface area contributed by atoms with E-state index in [9.17, 15) is 14.7 Å². The highest BCUT2D eigenvalue weighted by atomic mass is 16.3. The molecule has 0 saturated carbocycles. The molecule has 3 aromatic heterocycles. The minimum atomic E-state index is -0.476. The molecule has 0 atom stereocenters. The van der Waals surface area contributed by atoms with Gasteiger partial charge in [-0.25, -0.2) is 4.98 Å². The molecule has 7 nitrogen and oxygen atoms in total. The Balaban J connectivity index is 2.03. The monoisotopic (exact) mass is 284 g/mol. The van der Waals surface area contributed by atoms with Gasteiger partial charge in [0.25, 0.3) is 11.5 Å². The third-order valence-corrected chi connectivity index (χ3v) is 3.15. The second kappa shape index (κ2) is 4.78. The summed E-state index contributed by atoms with van der Waals surface area (Å²) < 4.78 is 0. The minimum Gasteiger partial charge on any atom is -0.508 e. The first kappa shape index (κ1) is 12.9. The molecule has 4 N–H and O–H groups in total. The summed E-state index contributed by atoms with van der Waals surface area (Å²) in [5.41, 5.74) is 1.33. The van der Waals surface area contributed by atoms with Gasteiger partial charge in [-0.05, 0) is 18.6 Å². The Morgan fingerprint density at radius 3 is 2.90 bits per heavy atom. The molecule has 3 aromatic rings. The summed E-state index contributed by atoms with van der Waals surface area (Å²) in [4.78, 5) is 33.6. The molecule has 0 radical (unpaired) electrons. The molecule has 0 saturated heterocycles. The van der Waals surface area contributed by atoms with Crippen LogP contribution in [0, 0.1) is 6.92 Å². The Hall–Kier alpha value is -3.09. The third kappa shape index (κ3) is 2.25. The van der Waals surface area contributed by atoms with Gasteiger partial charge in [0.1, 0.15) is 11.6 Å². The van der Waals surface area contributed by atoms with Crippen LogP contribution in [-0.2, 0) is 0 Å². The number of nitrogens with zero attached hydrogens (tertiary/aromatic N) is 1. The van der Waals surface area contributed by atoms with Gasteiger partial charge in [-0.1, -0.05) is 0 Å². The molecule has 21 heavy (non-hydrogen) atoms. The lowest BCUT2D eigenvalue weighted by atomic mass is 10.1. The van der Waals surface area contributed by atoms with E-state index in [0.29, 0.717) is 10.9 Å². The lowest BCUT2D eigenvalue weighted by Crippen LogP contribution is -2.15. The second-order valence-electron chi connectivity index (χ2n) is 4.61. The maximum absolute atomic E-state index is 12.3. The topological polar surface area (TPSA) is 111 Å². The van der Waals surface area contributed by atoms with Gasteiger partial charge < -0.3 is 20.4 Å². The number of carbonyl (C=O) groups is 1. The number of aromatic amines is 2. The fourth-order valence-electron chi connectivity index (χ4n) is 2.14. The van der Waals surface area contributed by atoms with E-state index in [0.717, 1.165) is 5.56 Å². The van der Waals surface area contributed by atoms with E-state index in [2.05, 4.69) is 20.3 Å². The van der Waals surface area contributed by atoms with E-state index in [4.69, 9.17) is 0 Å². The van der Waals surface area contributed by atoms with Crippen LogP contribution in [0.3, 0.4) is 0 Å². The van der Waals surface area contributed by atoms with E-state index in [1.807, 2.05) is 6.92 Å². The molecule has 3 rings (SSSR count). The Kier molecular flexibility index (Phi) is 2.94. The molecule has 3 heterocycles. The van der Waals surface area contributed by atoms with Crippen molar-refractivity contribution in [3.63, 3.8) is 0 Å². The van der Waals surface area contributed by atoms with E-state index >= 15 is 0 Å². The summed E-state index contributed by atoms with van der Waals surface area (Å²) in [5.74, 6) is -0.276. The number of rotatable bonds is 2. The standard InChI is InChI=1S/C14H12N4O3/c1-7-5-17-14(21)11-9(6-16-12(7)11)13(20)18-10-4-8(19)2-3-15-10/h2-6,16H,1H3,(H,17,21)(H2,15,18,19,20). The summed E-state index contributed by atoms with van der Waals surface area (Å²) in [6.45, 7) is 1.83. The van der Waals surface area contributed by atoms with Crippen molar-refractivity contribution in [2.75, 3.05) is 5.32 Å². The number of aryl methyl sites for hydroxylation is 1. The van der Waals surface area contributed by atoms with Crippen LogP contribution in [0.4, 0.5) is 5.82 Å². The number of aromatic nitrogens is 3. The summed E-state index contributed by atoms with van der Waals surface area (Å²) in [5, 5.41) is 12.2. The first-order valence-corrected chi connectivity index (χ1v) is 6.22. The Morgan fingerprint density at radius 2 is 2.14 bits per heavy atom. The first-order chi connectivity index (χ1) is 10.1. The molecule has 1 amide bonds. The molecular formula is C14H12N4O3. The van der Waals surface area contributed by atoms with Crippen LogP contribution in [0.2, 0.25) is 0 Å². The molecule has 0 spiro atoms. The average Bonchev–Trinajstić information content (AvgIpc) is 2.89. The van der Waals surface area contributed by atoms with Crippen molar-refractivity contribution in [1.29, 1.82) is 0 Å². The van der Waals surface area contributed by atoms with Crippen LogP contribution in [0.15, 0.2) is 35.5 Å². The van der Waals surface area contributed by atoms with E-state index in [-0.39, 0.29) is 22.7 Å². The Labute approximate surface area is 118 Å². The van der Waals surface area contributed by atoms with E-state index in [1.165, 1.54) is 24.5 Å². The number of nitrogens with one attached hydrogen (secondary N) is 3. The predicted molar refractivity (Wildman–Crippen MR) is 77.5 cm³/mol. The van der Waals surface area contributed by atoms with Crippen molar-refractivity contribution in [3.05, 3.63) is 52.2 Å². The molecule has 0 unspecified atom stereocenters. The molecule has 0 aliphatic carbocycles. The number of anilines is 1. The van der Waals surface area contributed by atoms with Crippen molar-refractivity contribution in [2.45, 2.75) is 6.92 Å². The first-order valence-electron chi connectivity index (χ1n) is 6.22. The van der Waals surface area contributed by atoms with Crippen molar-refractivity contribution >= 4 is 22.6 Å². The number of amides is 1. The number of pyridine rings is 2. The fourth-order valence-corrected chi connectivity index (χ4v) is 2.14. The number of fused-ring (bicyclic) bond motifs is 1. The molecule has 0 aliphatic heterocycles. The van der Waals surface area contributed by atoms with Crippen LogP contribution in [0.5, 0.6) is 5.75 Å². The summed E-state index contributed by atoms with van der Waals surface area (Å²) in [6, 6.07) is 2.72. The molecule has 7 heteroatoms. The summed E-state index contributed by atoms with van der Waals surface area (Å²) in [6.07, 6.45) is 4.43. The fraction of sp³-hybridized carbons (Fsp3) is 0.0714. The lowest BCUT2D eigenvalue weighted by Gasteiger charge is -2.03. The van der Waals surface area contributed by atoms with Gasteiger partial charge in [-0.3, -0.25) is 9.59 Å². The van der Waals surface area contributed by atoms with Crippen LogP contribution < -0.4 is 10.9 Å². The van der Waals surface area contributed by atoms with Crippen molar-refractivity contribution in [3.8, 4) is 5.75 Å². The zero-order valence-corrected chi connectivity index (χ0v) is 11.1. The highest BCUT2D eigenvalue weighted by Gasteiger charge is 2.16. The summed E-state index contributed by atoms with van der Waals surface area (Å²) >= 11 is 0. The van der Waals surface area contributed by atoms with Crippen molar-refractivity contribution in [1.82, 2.24) is 15.0 Å². The number of H-pyrrole nitrogens is 2. The normalized spacial score (nSPS) is 10.7. The smallest absolute Gasteiger partial charge is 0.259 e. The number of hydrogen-bond donors (Lipinski definition) is 4. The lowest BCUT2D eigenvalue weighted by molar-refractivity contribution is 0.102. The van der Waals surface area contributed by atoms with Gasteiger partial charge >= 0.3 is 0 Å². The van der Waals surface area contributed by atoms with Gasteiger partial charge in [-0.2, -0.15) is 0 Å². The average molecular weight is 284 g/mol. The largest absolute Gasteiger partial charge is 0.508 e. The van der Waals surface area contributed by atoms with Gasteiger partial charge in [-0.15, -0.1) is 0 Å². The Morgan fingerprint density at radius 1 is 1.33 bits per heavy atom. The highest BCUT2D eigenvalue weighted by Crippen LogP contribution is 2.19. The predicted octanol–water partition coefficient (Wildman–Crippen LogP) is 1.52. The second-order valence-corrected chi connectivity index (χ2v) is 4.61.